The van der Waals surface area contributed by atoms with Crippen molar-refractivity contribution in [2.45, 2.75) is 19.0 Å². The maximum absolute atomic E-state index is 13.8. The van der Waals surface area contributed by atoms with Crippen LogP contribution in [0.1, 0.15) is 28.0 Å². The highest BCUT2D eigenvalue weighted by Crippen LogP contribution is 2.37. The number of halogens is 4. The average Bonchev–Trinajstić information content (AvgIpc) is 2.73. The Morgan fingerprint density at radius 3 is 2.66 bits per heavy atom. The highest BCUT2D eigenvalue weighted by Gasteiger charge is 2.40. The van der Waals surface area contributed by atoms with Gasteiger partial charge in [0.2, 0.25) is 5.95 Å². The fourth-order valence-electron chi connectivity index (χ4n) is 3.60. The van der Waals surface area contributed by atoms with Gasteiger partial charge in [-0.2, -0.15) is 13.2 Å². The van der Waals surface area contributed by atoms with E-state index in [4.69, 9.17) is 16.3 Å². The van der Waals surface area contributed by atoms with Crippen molar-refractivity contribution in [3.05, 3.63) is 46.2 Å². The number of benzene rings is 1. The zero-order chi connectivity index (χ0) is 20.6. The second kappa shape index (κ2) is 7.79. The Balaban J connectivity index is 1.74. The molecule has 1 saturated heterocycles. The van der Waals surface area contributed by atoms with E-state index in [0.717, 1.165) is 18.2 Å². The normalized spacial score (nSPS) is 17.2. The Bertz CT molecular complexity index is 932. The van der Waals surface area contributed by atoms with Gasteiger partial charge in [0.15, 0.2) is 5.69 Å². The largest absolute Gasteiger partial charge is 0.434 e. The van der Waals surface area contributed by atoms with Gasteiger partial charge in [-0.15, -0.1) is 0 Å². The summed E-state index contributed by atoms with van der Waals surface area (Å²) in [5, 5.41) is 0.558. The van der Waals surface area contributed by atoms with Crippen LogP contribution in [0.15, 0.2) is 24.4 Å². The molecule has 4 rings (SSSR count). The maximum atomic E-state index is 13.8. The van der Waals surface area contributed by atoms with E-state index in [2.05, 4.69) is 9.97 Å². The van der Waals surface area contributed by atoms with Crippen molar-refractivity contribution in [2.75, 3.05) is 37.7 Å². The predicted octanol–water partition coefficient (Wildman–Crippen LogP) is 3.71. The Kier molecular flexibility index (Phi) is 5.35. The van der Waals surface area contributed by atoms with E-state index < -0.39 is 23.3 Å². The highest BCUT2D eigenvalue weighted by molar-refractivity contribution is 6.31. The van der Waals surface area contributed by atoms with Gasteiger partial charge in [-0.25, -0.2) is 9.97 Å². The Morgan fingerprint density at radius 2 is 1.93 bits per heavy atom. The lowest BCUT2D eigenvalue weighted by atomic mass is 10.0. The second-order valence-electron chi connectivity index (χ2n) is 6.83. The van der Waals surface area contributed by atoms with Crippen LogP contribution in [0, 0.1) is 0 Å². The summed E-state index contributed by atoms with van der Waals surface area (Å²) in [5.41, 5.74) is -0.241. The number of hydrogen-bond acceptors (Lipinski definition) is 5. The summed E-state index contributed by atoms with van der Waals surface area (Å²) in [4.78, 5) is 23.5. The second-order valence-corrected chi connectivity index (χ2v) is 7.23. The van der Waals surface area contributed by atoms with E-state index in [-0.39, 0.29) is 32.3 Å². The number of anilines is 2. The van der Waals surface area contributed by atoms with Crippen molar-refractivity contribution in [3.63, 3.8) is 0 Å². The van der Waals surface area contributed by atoms with Crippen molar-refractivity contribution in [1.82, 2.24) is 14.9 Å². The van der Waals surface area contributed by atoms with Crippen molar-refractivity contribution >= 4 is 29.1 Å². The van der Waals surface area contributed by atoms with Gasteiger partial charge in [0.05, 0.1) is 18.8 Å². The fourth-order valence-corrected chi connectivity index (χ4v) is 3.87. The van der Waals surface area contributed by atoms with Crippen LogP contribution in [0.5, 0.6) is 0 Å². The Morgan fingerprint density at radius 1 is 1.17 bits per heavy atom. The number of rotatable bonds is 2. The molecule has 0 bridgehead atoms. The van der Waals surface area contributed by atoms with Gasteiger partial charge in [0.25, 0.3) is 5.91 Å². The zero-order valence-corrected chi connectivity index (χ0v) is 16.1. The smallest absolute Gasteiger partial charge is 0.378 e. The van der Waals surface area contributed by atoms with Gasteiger partial charge in [-0.3, -0.25) is 4.79 Å². The summed E-state index contributed by atoms with van der Waals surface area (Å²) >= 11 is 6.24. The van der Waals surface area contributed by atoms with Crippen LogP contribution in [-0.4, -0.2) is 53.6 Å². The molecule has 0 saturated carbocycles. The standard InChI is InChI=1S/C19H18ClF3N4O2/c20-14-4-1-5-15-12(14)3-2-6-27(15)18-24-11-13(16(25-18)19(21,22)23)17(28)26-7-9-29-10-8-26/h1,4-5,11H,2-3,6-10H2. The first-order chi connectivity index (χ1) is 13.9. The minimum Gasteiger partial charge on any atom is -0.378 e. The molecule has 0 N–H and O–H groups in total. The highest BCUT2D eigenvalue weighted by atomic mass is 35.5. The van der Waals surface area contributed by atoms with Crippen LogP contribution < -0.4 is 4.90 Å². The molecule has 0 atom stereocenters. The summed E-state index contributed by atoms with van der Waals surface area (Å²) < 4.78 is 46.4. The van der Waals surface area contributed by atoms with E-state index in [1.54, 1.807) is 23.1 Å². The number of carbonyl (C=O) groups excluding carboxylic acids is 1. The van der Waals surface area contributed by atoms with Crippen LogP contribution in [-0.2, 0) is 17.3 Å². The van der Waals surface area contributed by atoms with E-state index in [1.807, 2.05) is 0 Å². The van der Waals surface area contributed by atoms with Gasteiger partial charge >= 0.3 is 6.18 Å². The summed E-state index contributed by atoms with van der Waals surface area (Å²) in [6, 6.07) is 5.26. The molecule has 1 aromatic carbocycles. The topological polar surface area (TPSA) is 58.6 Å². The molecule has 0 aliphatic carbocycles. The monoisotopic (exact) mass is 426 g/mol. The van der Waals surface area contributed by atoms with Crippen molar-refractivity contribution in [2.24, 2.45) is 0 Å². The molecule has 0 radical (unpaired) electrons. The molecule has 1 fully saturated rings. The number of nitrogens with zero attached hydrogens (tertiary/aromatic N) is 4. The van der Waals surface area contributed by atoms with Gasteiger partial charge < -0.3 is 14.5 Å². The number of aromatic nitrogens is 2. The number of hydrogen-bond donors (Lipinski definition) is 0. The average molecular weight is 427 g/mol. The molecule has 2 aliphatic rings. The van der Waals surface area contributed by atoms with Gasteiger partial charge in [0, 0.05) is 36.5 Å². The minimum atomic E-state index is -4.79. The van der Waals surface area contributed by atoms with Crippen LogP contribution in [0.3, 0.4) is 0 Å². The fraction of sp³-hybridized carbons (Fsp3) is 0.421. The number of ether oxygens (including phenoxy) is 1. The lowest BCUT2D eigenvalue weighted by Crippen LogP contribution is -2.41. The van der Waals surface area contributed by atoms with Crippen molar-refractivity contribution in [3.8, 4) is 0 Å². The number of amides is 1. The third kappa shape index (κ3) is 3.89. The van der Waals surface area contributed by atoms with E-state index >= 15 is 0 Å². The van der Waals surface area contributed by atoms with Crippen LogP contribution in [0.25, 0.3) is 0 Å². The molecule has 2 aromatic rings. The third-order valence-electron chi connectivity index (χ3n) is 5.01. The zero-order valence-electron chi connectivity index (χ0n) is 15.4. The molecule has 29 heavy (non-hydrogen) atoms. The van der Waals surface area contributed by atoms with Crippen molar-refractivity contribution < 1.29 is 22.7 Å². The maximum Gasteiger partial charge on any atom is 0.434 e. The lowest BCUT2D eigenvalue weighted by molar-refractivity contribution is -0.141. The number of fused-ring (bicyclic) bond motifs is 1. The quantitative estimate of drug-likeness (QED) is 0.732. The first-order valence-corrected chi connectivity index (χ1v) is 9.60. The summed E-state index contributed by atoms with van der Waals surface area (Å²) in [6.45, 7) is 1.50. The summed E-state index contributed by atoms with van der Waals surface area (Å²) in [6.07, 6.45) is -2.38. The van der Waals surface area contributed by atoms with Crippen LogP contribution in [0.4, 0.5) is 24.8 Å². The van der Waals surface area contributed by atoms with Gasteiger partial charge in [-0.05, 0) is 30.5 Å². The van der Waals surface area contributed by atoms with Gasteiger partial charge in [-0.1, -0.05) is 17.7 Å². The van der Waals surface area contributed by atoms with Crippen molar-refractivity contribution in [1.29, 1.82) is 0 Å². The molecule has 3 heterocycles. The lowest BCUT2D eigenvalue weighted by Gasteiger charge is -2.31. The SMILES string of the molecule is O=C(c1cnc(N2CCCc3c(Cl)cccc32)nc1C(F)(F)F)N1CCOCC1. The first-order valence-electron chi connectivity index (χ1n) is 9.22. The minimum absolute atomic E-state index is 0.0981. The number of carbonyl (C=O) groups is 1. The molecular formula is C19H18ClF3N4O2. The molecule has 0 unspecified atom stereocenters. The Hall–Kier alpha value is -2.39. The number of alkyl halides is 3. The van der Waals surface area contributed by atoms with Gasteiger partial charge in [0.1, 0.15) is 0 Å². The molecule has 0 spiro atoms. The van der Waals surface area contributed by atoms with Crippen LogP contribution in [0.2, 0.25) is 5.02 Å². The van der Waals surface area contributed by atoms with E-state index in [0.29, 0.717) is 23.7 Å². The molecule has 10 heteroatoms. The number of morpholine rings is 1. The molecule has 2 aliphatic heterocycles. The predicted molar refractivity (Wildman–Crippen MR) is 101 cm³/mol. The molecule has 6 nitrogen and oxygen atoms in total. The summed E-state index contributed by atoms with van der Waals surface area (Å²) in [7, 11) is 0. The molecular weight excluding hydrogens is 409 g/mol. The summed E-state index contributed by atoms with van der Waals surface area (Å²) in [5.74, 6) is -0.840. The third-order valence-corrected chi connectivity index (χ3v) is 5.36. The van der Waals surface area contributed by atoms with E-state index in [9.17, 15) is 18.0 Å². The van der Waals surface area contributed by atoms with Crippen LogP contribution >= 0.6 is 11.6 Å². The first kappa shape index (κ1) is 19.9. The molecule has 154 valence electrons. The molecule has 1 amide bonds. The Labute approximate surface area is 170 Å². The molecule has 1 aromatic heterocycles. The van der Waals surface area contributed by atoms with E-state index in [1.165, 1.54) is 4.90 Å².